The van der Waals surface area contributed by atoms with Crippen LogP contribution in [0, 0.1) is 14.1 Å². The predicted molar refractivity (Wildman–Crippen MR) is 135 cm³/mol. The molecule has 1 aliphatic heterocycles. The normalized spacial score (nSPS) is 13.9. The largest absolute Gasteiger partial charge is 2.00 e. The number of hydrogen-bond donors (Lipinski definition) is 0. The first-order valence-electron chi connectivity index (χ1n) is 11.4. The maximum Gasteiger partial charge on any atom is 2.00 e. The maximum atomic E-state index is 2.51. The number of anilines is 2. The van der Waals surface area contributed by atoms with Crippen molar-refractivity contribution in [3.05, 3.63) is 72.7 Å². The third kappa shape index (κ3) is 5.68. The Labute approximate surface area is 202 Å². The first-order valence-corrected chi connectivity index (χ1v) is 11.4. The van der Waals surface area contributed by atoms with Crippen molar-refractivity contribution in [2.75, 3.05) is 22.9 Å². The van der Waals surface area contributed by atoms with E-state index in [1.807, 2.05) is 0 Å². The second-order valence-electron chi connectivity index (χ2n) is 9.69. The molecule has 0 atom stereocenters. The smallest absolute Gasteiger partial charge is 0.502 e. The molecule has 1 saturated heterocycles. The molecule has 2 nitrogen and oxygen atoms in total. The van der Waals surface area contributed by atoms with Crippen molar-refractivity contribution in [1.82, 2.24) is 0 Å². The fourth-order valence-corrected chi connectivity index (χ4v) is 4.53. The molecule has 1 heterocycles. The van der Waals surface area contributed by atoms with Crippen molar-refractivity contribution < 1.29 is 17.1 Å². The van der Waals surface area contributed by atoms with Gasteiger partial charge < -0.3 is 17.2 Å². The molecule has 0 amide bonds. The minimum absolute atomic E-state index is 0. The van der Waals surface area contributed by atoms with Gasteiger partial charge in [0, 0.05) is 24.5 Å². The second-order valence-corrected chi connectivity index (χ2v) is 9.69. The van der Waals surface area contributed by atoms with Gasteiger partial charge in [-0.2, -0.15) is 6.67 Å². The van der Waals surface area contributed by atoms with Crippen molar-refractivity contribution >= 4 is 11.4 Å². The minimum atomic E-state index is 0. The van der Waals surface area contributed by atoms with Crippen molar-refractivity contribution in [1.29, 1.82) is 0 Å². The predicted octanol–water partition coefficient (Wildman–Crippen LogP) is 8.07. The van der Waals surface area contributed by atoms with Gasteiger partial charge in [0.2, 0.25) is 0 Å². The summed E-state index contributed by atoms with van der Waals surface area (Å²) in [5.41, 5.74) is 8.67. The Morgan fingerprint density at radius 2 is 0.839 bits per heavy atom. The standard InChI is InChI=1S/C27H39N2.CH3.Cu/c1-18(2)22-11-9-12-23(19(3)4)26(22)28-15-16-29(17-28)27-24(20(5)6)13-10-14-25(27)21(7)8;;/h9-14,17-21H,15-16H2,1-8H3;1H3;/q2*-1;+2. The van der Waals surface area contributed by atoms with Crippen molar-refractivity contribution in [2.45, 2.75) is 79.1 Å². The molecule has 3 rings (SSSR count). The molecule has 0 bridgehead atoms. The van der Waals surface area contributed by atoms with E-state index in [2.05, 4.69) is 108 Å². The Morgan fingerprint density at radius 3 is 1.06 bits per heavy atom. The summed E-state index contributed by atoms with van der Waals surface area (Å²) in [5, 5.41) is 0. The minimum Gasteiger partial charge on any atom is -0.502 e. The van der Waals surface area contributed by atoms with Gasteiger partial charge >= 0.3 is 17.1 Å². The van der Waals surface area contributed by atoms with Crippen LogP contribution in [0.4, 0.5) is 11.4 Å². The molecule has 0 aromatic heterocycles. The van der Waals surface area contributed by atoms with E-state index in [0.29, 0.717) is 23.7 Å². The zero-order chi connectivity index (χ0) is 21.3. The summed E-state index contributed by atoms with van der Waals surface area (Å²) in [5.74, 6) is 2.06. The summed E-state index contributed by atoms with van der Waals surface area (Å²) in [4.78, 5) is 5.01. The molecule has 31 heavy (non-hydrogen) atoms. The van der Waals surface area contributed by atoms with E-state index in [4.69, 9.17) is 0 Å². The monoisotopic (exact) mass is 469 g/mol. The van der Waals surface area contributed by atoms with Crippen LogP contribution in [-0.2, 0) is 17.1 Å². The molecule has 0 aliphatic carbocycles. The van der Waals surface area contributed by atoms with Gasteiger partial charge in [0.1, 0.15) is 0 Å². The van der Waals surface area contributed by atoms with Crippen LogP contribution in [0.15, 0.2) is 36.4 Å². The SMILES string of the molecule is CC(C)c1cccc(C(C)C)c1N1[CH-]N(c2c(C(C)C)cccc2C(C)C)CC1.[CH3-].[Cu+2]. The zero-order valence-corrected chi connectivity index (χ0v) is 21.9. The summed E-state index contributed by atoms with van der Waals surface area (Å²) in [6, 6.07) is 13.7. The third-order valence-corrected chi connectivity index (χ3v) is 6.12. The van der Waals surface area contributed by atoms with E-state index < -0.39 is 0 Å². The number of benzene rings is 2. The number of rotatable bonds is 6. The molecule has 2 aromatic rings. The Bertz CT molecular complexity index is 717. The third-order valence-electron chi connectivity index (χ3n) is 6.12. The van der Waals surface area contributed by atoms with Gasteiger partial charge in [0.05, 0.1) is 0 Å². The fraction of sp³-hybridized carbons (Fsp3) is 0.500. The van der Waals surface area contributed by atoms with Gasteiger partial charge in [-0.05, 0) is 45.9 Å². The van der Waals surface area contributed by atoms with Crippen LogP contribution in [-0.4, -0.2) is 13.1 Å². The molecule has 1 fully saturated rings. The van der Waals surface area contributed by atoms with Gasteiger partial charge in [0.15, 0.2) is 0 Å². The van der Waals surface area contributed by atoms with E-state index in [0.717, 1.165) is 13.1 Å². The number of para-hydroxylation sites is 2. The van der Waals surface area contributed by atoms with Gasteiger partial charge in [-0.15, -0.1) is 0 Å². The van der Waals surface area contributed by atoms with Gasteiger partial charge in [-0.1, -0.05) is 91.8 Å². The van der Waals surface area contributed by atoms with Crippen LogP contribution in [0.2, 0.25) is 0 Å². The van der Waals surface area contributed by atoms with Gasteiger partial charge in [-0.3, -0.25) is 0 Å². The van der Waals surface area contributed by atoms with E-state index in [-0.39, 0.29) is 24.5 Å². The van der Waals surface area contributed by atoms with Crippen molar-refractivity contribution in [3.63, 3.8) is 0 Å². The van der Waals surface area contributed by atoms with E-state index in [9.17, 15) is 0 Å². The zero-order valence-electron chi connectivity index (χ0n) is 21.0. The topological polar surface area (TPSA) is 6.48 Å². The summed E-state index contributed by atoms with van der Waals surface area (Å²) < 4.78 is 0. The van der Waals surface area contributed by atoms with Crippen LogP contribution < -0.4 is 9.80 Å². The average Bonchev–Trinajstić information content (AvgIpc) is 3.15. The molecule has 0 unspecified atom stereocenters. The summed E-state index contributed by atoms with van der Waals surface area (Å²) >= 11 is 0. The molecule has 1 radical (unpaired) electrons. The number of hydrogen-bond acceptors (Lipinski definition) is 2. The quantitative estimate of drug-likeness (QED) is 0.311. The van der Waals surface area contributed by atoms with Crippen LogP contribution >= 0.6 is 0 Å². The Balaban J connectivity index is 0.00000240. The van der Waals surface area contributed by atoms with E-state index in [1.165, 1.54) is 33.6 Å². The molecular formula is C28H42CuN2. The Morgan fingerprint density at radius 1 is 0.581 bits per heavy atom. The number of nitrogens with zero attached hydrogens (tertiary/aromatic N) is 2. The second kappa shape index (κ2) is 11.4. The molecule has 0 spiro atoms. The molecule has 0 N–H and O–H groups in total. The summed E-state index contributed by atoms with van der Waals surface area (Å²) in [7, 11) is 0. The van der Waals surface area contributed by atoms with Crippen LogP contribution in [0.25, 0.3) is 0 Å². The summed E-state index contributed by atoms with van der Waals surface area (Å²) in [6.07, 6.45) is 0. The fourth-order valence-electron chi connectivity index (χ4n) is 4.53. The molecule has 2 aromatic carbocycles. The first-order chi connectivity index (χ1) is 13.7. The first kappa shape index (κ1) is 27.6. The average molecular weight is 470 g/mol. The van der Waals surface area contributed by atoms with Crippen LogP contribution in [0.5, 0.6) is 0 Å². The van der Waals surface area contributed by atoms with Gasteiger partial charge in [-0.25, -0.2) is 0 Å². The maximum absolute atomic E-state index is 2.51. The summed E-state index contributed by atoms with van der Waals surface area (Å²) in [6.45, 7) is 22.9. The molecule has 1 aliphatic rings. The van der Waals surface area contributed by atoms with Crippen molar-refractivity contribution in [3.8, 4) is 0 Å². The van der Waals surface area contributed by atoms with Crippen molar-refractivity contribution in [2.24, 2.45) is 0 Å². The molecular weight excluding hydrogens is 428 g/mol. The van der Waals surface area contributed by atoms with Crippen LogP contribution in [0.3, 0.4) is 0 Å². The Hall–Kier alpha value is -1.44. The molecule has 175 valence electrons. The van der Waals surface area contributed by atoms with Gasteiger partial charge in [0.25, 0.3) is 0 Å². The van der Waals surface area contributed by atoms with E-state index in [1.54, 1.807) is 0 Å². The molecule has 0 saturated carbocycles. The Kier molecular flexibility index (Phi) is 10.2. The van der Waals surface area contributed by atoms with Crippen LogP contribution in [0.1, 0.15) is 101 Å². The van der Waals surface area contributed by atoms with E-state index >= 15 is 0 Å². The molecule has 3 heteroatoms.